The second-order valence-electron chi connectivity index (χ2n) is 5.41. The smallest absolute Gasteiger partial charge is 0.352 e. The van der Waals surface area contributed by atoms with Crippen LogP contribution in [0.1, 0.15) is 56.9 Å². The lowest BCUT2D eigenvalue weighted by molar-refractivity contribution is -0.558. The Morgan fingerprint density at radius 2 is 1.57 bits per heavy atom. The Morgan fingerprint density at radius 1 is 1.00 bits per heavy atom. The quantitative estimate of drug-likeness (QED) is 0.442. The van der Waals surface area contributed by atoms with Crippen molar-refractivity contribution in [1.29, 1.82) is 0 Å². The topological polar surface area (TPSA) is 20.2 Å². The van der Waals surface area contributed by atoms with E-state index < -0.39 is 0 Å². The molecule has 0 aliphatic rings. The number of rotatable bonds is 11. The van der Waals surface area contributed by atoms with Gasteiger partial charge in [-0.2, -0.15) is 0 Å². The first-order valence-electron chi connectivity index (χ1n) is 7.88. The van der Waals surface area contributed by atoms with Crippen LogP contribution in [0.25, 0.3) is 0 Å². The van der Waals surface area contributed by atoms with E-state index in [-0.39, 0.29) is 27.0 Å². The van der Waals surface area contributed by atoms with Crippen LogP contribution in [0.3, 0.4) is 0 Å². The monoisotopic (exact) mass is 405 g/mol. The molecule has 0 atom stereocenters. The molecule has 0 heterocycles. The first kappa shape index (κ1) is 18.6. The van der Waals surface area contributed by atoms with E-state index in [9.17, 15) is 4.39 Å². The molecule has 1 aromatic carbocycles. The van der Waals surface area contributed by atoms with Crippen molar-refractivity contribution in [2.24, 2.45) is 0 Å². The molecule has 0 aliphatic heterocycles. The second kappa shape index (κ2) is 12.2. The number of hydrogen-bond acceptors (Lipinski definition) is 1. The van der Waals surface area contributed by atoms with Gasteiger partial charge in [0, 0.05) is 13.0 Å². The standard InChI is InChI=1S/C18H27FIO/c1-16-10-12-18(13-11-16)20-15-17(19)9-7-5-3-2-4-6-8-14-21/h10-13,15,21H,2-9,14H2,1H3/q+1/b17-15+. The van der Waals surface area contributed by atoms with Crippen LogP contribution < -0.4 is 21.2 Å². The van der Waals surface area contributed by atoms with Gasteiger partial charge >= 0.3 is 21.2 Å². The molecule has 1 N–H and O–H groups in total. The van der Waals surface area contributed by atoms with Gasteiger partial charge in [0.15, 0.2) is 7.65 Å². The van der Waals surface area contributed by atoms with Crippen molar-refractivity contribution in [3.8, 4) is 0 Å². The predicted molar refractivity (Wildman–Crippen MR) is 83.1 cm³/mol. The van der Waals surface area contributed by atoms with Crippen molar-refractivity contribution in [3.05, 3.63) is 43.3 Å². The van der Waals surface area contributed by atoms with Crippen LogP contribution in [0.2, 0.25) is 0 Å². The maximum absolute atomic E-state index is 13.7. The van der Waals surface area contributed by atoms with Crippen molar-refractivity contribution in [2.75, 3.05) is 6.61 Å². The Balaban J connectivity index is 2.06. The summed E-state index contributed by atoms with van der Waals surface area (Å²) in [4.78, 5) is 0. The van der Waals surface area contributed by atoms with E-state index in [2.05, 4.69) is 31.2 Å². The van der Waals surface area contributed by atoms with Crippen LogP contribution in [-0.4, -0.2) is 11.7 Å². The lowest BCUT2D eigenvalue weighted by Gasteiger charge is -2.00. The van der Waals surface area contributed by atoms with Crippen LogP contribution in [-0.2, 0) is 0 Å². The van der Waals surface area contributed by atoms with E-state index in [0.717, 1.165) is 25.7 Å². The molecule has 0 unspecified atom stereocenters. The SMILES string of the molecule is Cc1ccc([I+]/C=C(/F)CCCCCCCCCO)cc1. The molecule has 0 fully saturated rings. The summed E-state index contributed by atoms with van der Waals surface area (Å²) in [5.74, 6) is 0.0728. The molecule has 0 saturated carbocycles. The fourth-order valence-corrected chi connectivity index (χ4v) is 3.86. The molecule has 0 aromatic heterocycles. The van der Waals surface area contributed by atoms with Gasteiger partial charge in [0.05, 0.1) is 0 Å². The zero-order valence-electron chi connectivity index (χ0n) is 13.0. The highest BCUT2D eigenvalue weighted by Gasteiger charge is 2.10. The fraction of sp³-hybridized carbons (Fsp3) is 0.556. The lowest BCUT2D eigenvalue weighted by atomic mass is 10.1. The molecule has 0 aliphatic carbocycles. The molecule has 1 nitrogen and oxygen atoms in total. The largest absolute Gasteiger partial charge is 0.396 e. The highest BCUT2D eigenvalue weighted by atomic mass is 127. The van der Waals surface area contributed by atoms with Gasteiger partial charge in [-0.05, 0) is 31.9 Å². The van der Waals surface area contributed by atoms with E-state index in [0.29, 0.717) is 13.0 Å². The molecule has 118 valence electrons. The van der Waals surface area contributed by atoms with Crippen molar-refractivity contribution in [2.45, 2.75) is 58.3 Å². The Morgan fingerprint density at radius 3 is 2.19 bits per heavy atom. The van der Waals surface area contributed by atoms with E-state index in [4.69, 9.17) is 5.11 Å². The van der Waals surface area contributed by atoms with Crippen molar-refractivity contribution < 1.29 is 30.7 Å². The van der Waals surface area contributed by atoms with Crippen molar-refractivity contribution in [3.63, 3.8) is 0 Å². The number of aliphatic hydroxyl groups is 1. The summed E-state index contributed by atoms with van der Waals surface area (Å²) in [6.07, 6.45) is 8.29. The molecule has 0 saturated heterocycles. The molecule has 1 aromatic rings. The second-order valence-corrected chi connectivity index (χ2v) is 7.90. The van der Waals surface area contributed by atoms with Crippen LogP contribution in [0, 0.1) is 10.5 Å². The number of benzene rings is 1. The molecule has 0 radical (unpaired) electrons. The highest BCUT2D eigenvalue weighted by molar-refractivity contribution is 5.11. The summed E-state index contributed by atoms with van der Waals surface area (Å²) in [7, 11) is 0. The Hall–Kier alpha value is -0.420. The third-order valence-electron chi connectivity index (χ3n) is 3.38. The van der Waals surface area contributed by atoms with Gasteiger partial charge < -0.3 is 5.11 Å². The van der Waals surface area contributed by atoms with Crippen molar-refractivity contribution >= 4 is 0 Å². The molecule has 21 heavy (non-hydrogen) atoms. The number of halogens is 2. The van der Waals surface area contributed by atoms with E-state index >= 15 is 0 Å². The number of allylic oxidation sites excluding steroid dienone is 1. The van der Waals surface area contributed by atoms with E-state index in [1.165, 1.54) is 28.4 Å². The Labute approximate surface area is 138 Å². The minimum atomic E-state index is -0.324. The highest BCUT2D eigenvalue weighted by Crippen LogP contribution is 2.11. The normalized spacial score (nSPS) is 11.9. The maximum atomic E-state index is 13.7. The first-order valence-corrected chi connectivity index (χ1v) is 10.2. The third kappa shape index (κ3) is 10.0. The lowest BCUT2D eigenvalue weighted by Crippen LogP contribution is -3.59. The number of aliphatic hydroxyl groups excluding tert-OH is 1. The van der Waals surface area contributed by atoms with Gasteiger partial charge in [0.2, 0.25) is 0 Å². The van der Waals surface area contributed by atoms with Crippen LogP contribution in [0.4, 0.5) is 4.39 Å². The van der Waals surface area contributed by atoms with Gasteiger partial charge in [0.1, 0.15) is 5.83 Å². The van der Waals surface area contributed by atoms with E-state index in [1.807, 2.05) is 4.08 Å². The van der Waals surface area contributed by atoms with Gasteiger partial charge in [-0.25, -0.2) is 4.39 Å². The van der Waals surface area contributed by atoms with Gasteiger partial charge in [-0.1, -0.05) is 49.8 Å². The minimum absolute atomic E-state index is 0.0728. The Bertz CT molecular complexity index is 400. The van der Waals surface area contributed by atoms with Crippen LogP contribution >= 0.6 is 0 Å². The fourth-order valence-electron chi connectivity index (χ4n) is 2.07. The zero-order valence-corrected chi connectivity index (χ0v) is 15.1. The number of hydrogen-bond donors (Lipinski definition) is 1. The summed E-state index contributed by atoms with van der Waals surface area (Å²) in [5.41, 5.74) is 1.26. The first-order chi connectivity index (χ1) is 10.2. The molecule has 0 spiro atoms. The average molecular weight is 405 g/mol. The summed E-state index contributed by atoms with van der Waals surface area (Å²) >= 11 is -0.324. The summed E-state index contributed by atoms with van der Waals surface area (Å²) in [6.45, 7) is 2.38. The summed E-state index contributed by atoms with van der Waals surface area (Å²) in [6, 6.07) is 8.41. The molecular weight excluding hydrogens is 378 g/mol. The number of aryl methyl sites for hydroxylation is 1. The summed E-state index contributed by atoms with van der Waals surface area (Å²) in [5, 5.41) is 8.67. The van der Waals surface area contributed by atoms with E-state index in [1.54, 1.807) is 0 Å². The van der Waals surface area contributed by atoms with Gasteiger partial charge in [-0.15, -0.1) is 0 Å². The number of unbranched alkanes of at least 4 members (excludes halogenated alkanes) is 6. The van der Waals surface area contributed by atoms with Crippen LogP contribution in [0.5, 0.6) is 0 Å². The minimum Gasteiger partial charge on any atom is -0.396 e. The summed E-state index contributed by atoms with van der Waals surface area (Å²) < 4.78 is 16.8. The van der Waals surface area contributed by atoms with Crippen LogP contribution in [0.15, 0.2) is 34.2 Å². The Kier molecular flexibility index (Phi) is 10.8. The molecule has 0 bridgehead atoms. The van der Waals surface area contributed by atoms with Crippen molar-refractivity contribution in [1.82, 2.24) is 0 Å². The molecule has 0 amide bonds. The van der Waals surface area contributed by atoms with Gasteiger partial charge in [0.25, 0.3) is 0 Å². The zero-order chi connectivity index (χ0) is 15.3. The molecular formula is C18H27FIO+. The molecule has 1 rings (SSSR count). The maximum Gasteiger partial charge on any atom is 0.352 e. The molecule has 3 heteroatoms. The van der Waals surface area contributed by atoms with Gasteiger partial charge in [-0.3, -0.25) is 0 Å². The predicted octanol–water partition coefficient (Wildman–Crippen LogP) is 2.18. The third-order valence-corrected chi connectivity index (χ3v) is 5.81. The average Bonchev–Trinajstić information content (AvgIpc) is 2.49.